The Balaban J connectivity index is 1.51. The number of carbonyl (C=O) groups is 2. The van der Waals surface area contributed by atoms with Crippen molar-refractivity contribution < 1.29 is 32.4 Å². The summed E-state index contributed by atoms with van der Waals surface area (Å²) in [4.78, 5) is 33.1. The maximum Gasteiger partial charge on any atom is 0.433 e. The average molecular weight is 428 g/mol. The van der Waals surface area contributed by atoms with Gasteiger partial charge in [0.25, 0.3) is 5.91 Å². The van der Waals surface area contributed by atoms with Crippen LogP contribution in [0.25, 0.3) is 0 Å². The molecule has 0 unspecified atom stereocenters. The molecule has 1 saturated heterocycles. The molecule has 3 rings (SSSR count). The SMILES string of the molecule is CNC(=O)c1cc(CN(CCC2CN(c3nccc(C(F)(F)F)n3)C2)C(=O)O)on1. The maximum atomic E-state index is 12.8. The molecule has 0 aromatic carbocycles. The zero-order valence-corrected chi connectivity index (χ0v) is 15.9. The van der Waals surface area contributed by atoms with Gasteiger partial charge in [0.05, 0.1) is 6.54 Å². The fraction of sp³-hybridized carbons (Fsp3) is 0.471. The van der Waals surface area contributed by atoms with Gasteiger partial charge >= 0.3 is 12.3 Å². The lowest BCUT2D eigenvalue weighted by atomic mass is 9.96. The predicted octanol–water partition coefficient (Wildman–Crippen LogP) is 1.85. The first-order valence-corrected chi connectivity index (χ1v) is 8.98. The number of hydrogen-bond acceptors (Lipinski definition) is 7. The molecule has 1 aliphatic rings. The van der Waals surface area contributed by atoms with Crippen LogP contribution in [0, 0.1) is 5.92 Å². The number of rotatable bonds is 7. The van der Waals surface area contributed by atoms with E-state index in [0.717, 1.165) is 17.2 Å². The van der Waals surface area contributed by atoms with Crippen LogP contribution in [0.3, 0.4) is 0 Å². The van der Waals surface area contributed by atoms with Gasteiger partial charge in [-0.1, -0.05) is 5.16 Å². The van der Waals surface area contributed by atoms with Gasteiger partial charge in [-0.05, 0) is 18.4 Å². The molecule has 13 heteroatoms. The summed E-state index contributed by atoms with van der Waals surface area (Å²) in [6, 6.07) is 2.18. The normalized spacial score (nSPS) is 14.3. The Labute approximate surface area is 168 Å². The minimum atomic E-state index is -4.54. The molecule has 2 amide bonds. The van der Waals surface area contributed by atoms with Gasteiger partial charge in [-0.15, -0.1) is 0 Å². The molecule has 162 valence electrons. The Kier molecular flexibility index (Phi) is 6.08. The van der Waals surface area contributed by atoms with E-state index < -0.39 is 23.9 Å². The van der Waals surface area contributed by atoms with Crippen LogP contribution in [0.2, 0.25) is 0 Å². The zero-order valence-electron chi connectivity index (χ0n) is 15.9. The van der Waals surface area contributed by atoms with Crippen LogP contribution in [0.4, 0.5) is 23.9 Å². The minimum absolute atomic E-state index is 0.000411. The van der Waals surface area contributed by atoms with E-state index >= 15 is 0 Å². The molecule has 2 aromatic rings. The second-order valence-electron chi connectivity index (χ2n) is 6.76. The van der Waals surface area contributed by atoms with Gasteiger partial charge < -0.3 is 24.7 Å². The second kappa shape index (κ2) is 8.55. The van der Waals surface area contributed by atoms with Crippen LogP contribution in [0.1, 0.15) is 28.4 Å². The number of nitrogens with zero attached hydrogens (tertiary/aromatic N) is 5. The lowest BCUT2D eigenvalue weighted by molar-refractivity contribution is -0.141. The van der Waals surface area contributed by atoms with Crippen LogP contribution in [-0.4, -0.2) is 63.8 Å². The summed E-state index contributed by atoms with van der Waals surface area (Å²) >= 11 is 0. The molecule has 1 aliphatic heterocycles. The monoisotopic (exact) mass is 428 g/mol. The van der Waals surface area contributed by atoms with Crippen LogP contribution in [0.5, 0.6) is 0 Å². The predicted molar refractivity (Wildman–Crippen MR) is 95.7 cm³/mol. The van der Waals surface area contributed by atoms with E-state index in [0.29, 0.717) is 19.5 Å². The van der Waals surface area contributed by atoms with Crippen molar-refractivity contribution in [2.45, 2.75) is 19.1 Å². The zero-order chi connectivity index (χ0) is 21.9. The van der Waals surface area contributed by atoms with E-state index in [1.54, 1.807) is 4.90 Å². The smallest absolute Gasteiger partial charge is 0.433 e. The summed E-state index contributed by atoms with van der Waals surface area (Å²) < 4.78 is 43.3. The van der Waals surface area contributed by atoms with Gasteiger partial charge in [-0.3, -0.25) is 4.79 Å². The average Bonchev–Trinajstić information content (AvgIpc) is 3.13. The van der Waals surface area contributed by atoms with E-state index in [9.17, 15) is 27.9 Å². The largest absolute Gasteiger partial charge is 0.465 e. The van der Waals surface area contributed by atoms with E-state index in [2.05, 4.69) is 20.4 Å². The van der Waals surface area contributed by atoms with Crippen molar-refractivity contribution in [3.8, 4) is 0 Å². The molecule has 0 radical (unpaired) electrons. The summed E-state index contributed by atoms with van der Waals surface area (Å²) in [7, 11) is 1.44. The minimum Gasteiger partial charge on any atom is -0.465 e. The quantitative estimate of drug-likeness (QED) is 0.685. The number of hydrogen-bond donors (Lipinski definition) is 2. The Morgan fingerprint density at radius 2 is 2.13 bits per heavy atom. The number of amides is 2. The van der Waals surface area contributed by atoms with Crippen LogP contribution in [0.15, 0.2) is 22.9 Å². The number of carboxylic acid groups (broad SMARTS) is 1. The third-order valence-corrected chi connectivity index (χ3v) is 4.62. The fourth-order valence-corrected chi connectivity index (χ4v) is 2.97. The van der Waals surface area contributed by atoms with Gasteiger partial charge in [0, 0.05) is 38.9 Å². The topological polar surface area (TPSA) is 125 Å². The van der Waals surface area contributed by atoms with Crippen LogP contribution in [-0.2, 0) is 12.7 Å². The van der Waals surface area contributed by atoms with Crippen molar-refractivity contribution in [2.24, 2.45) is 5.92 Å². The second-order valence-corrected chi connectivity index (χ2v) is 6.76. The lowest BCUT2D eigenvalue weighted by Gasteiger charge is -2.40. The summed E-state index contributed by atoms with van der Waals surface area (Å²) in [5, 5.41) is 15.4. The first-order chi connectivity index (χ1) is 14.2. The van der Waals surface area contributed by atoms with Crippen molar-refractivity contribution in [1.29, 1.82) is 0 Å². The molecular weight excluding hydrogens is 409 g/mol. The number of anilines is 1. The van der Waals surface area contributed by atoms with Gasteiger partial charge in [-0.2, -0.15) is 13.2 Å². The first-order valence-electron chi connectivity index (χ1n) is 8.98. The van der Waals surface area contributed by atoms with Gasteiger partial charge in [0.1, 0.15) is 5.69 Å². The highest BCUT2D eigenvalue weighted by atomic mass is 19.4. The van der Waals surface area contributed by atoms with Gasteiger partial charge in [0.2, 0.25) is 5.95 Å². The van der Waals surface area contributed by atoms with E-state index in [4.69, 9.17) is 4.52 Å². The Hall–Kier alpha value is -3.38. The molecule has 1 fully saturated rings. The van der Waals surface area contributed by atoms with E-state index in [1.165, 1.54) is 13.1 Å². The summed E-state index contributed by atoms with van der Waals surface area (Å²) in [6.07, 6.45) is -4.14. The Morgan fingerprint density at radius 3 is 2.77 bits per heavy atom. The highest BCUT2D eigenvalue weighted by Gasteiger charge is 2.35. The van der Waals surface area contributed by atoms with Crippen molar-refractivity contribution in [2.75, 3.05) is 31.6 Å². The number of alkyl halides is 3. The molecule has 0 atom stereocenters. The molecule has 2 N–H and O–H groups in total. The van der Waals surface area contributed by atoms with Crippen molar-refractivity contribution in [3.63, 3.8) is 0 Å². The molecule has 2 aromatic heterocycles. The summed E-state index contributed by atoms with van der Waals surface area (Å²) in [5.74, 6) is -0.137. The third kappa shape index (κ3) is 4.96. The lowest BCUT2D eigenvalue weighted by Crippen LogP contribution is -2.49. The Bertz CT molecular complexity index is 913. The van der Waals surface area contributed by atoms with Crippen molar-refractivity contribution in [3.05, 3.63) is 35.5 Å². The van der Waals surface area contributed by atoms with Crippen LogP contribution >= 0.6 is 0 Å². The maximum absolute atomic E-state index is 12.8. The molecule has 0 saturated carbocycles. The Morgan fingerprint density at radius 1 is 1.40 bits per heavy atom. The van der Waals surface area contributed by atoms with Crippen LogP contribution < -0.4 is 10.2 Å². The number of aromatic nitrogens is 3. The highest BCUT2D eigenvalue weighted by molar-refractivity contribution is 5.91. The third-order valence-electron chi connectivity index (χ3n) is 4.62. The number of carbonyl (C=O) groups excluding carboxylic acids is 1. The van der Waals surface area contributed by atoms with Gasteiger partial charge in [-0.25, -0.2) is 14.8 Å². The number of halogens is 3. The standard InChI is InChI=1S/C17H19F3N6O4/c1-21-14(27)12-6-11(30-24-12)9-25(16(28)29)5-3-10-7-26(8-10)15-22-4-2-13(23-15)17(18,19)20/h2,4,6,10H,3,5,7-9H2,1H3,(H,21,27)(H,28,29). The first kappa shape index (κ1) is 21.3. The molecular formula is C17H19F3N6O4. The van der Waals surface area contributed by atoms with Crippen molar-refractivity contribution in [1.82, 2.24) is 25.3 Å². The molecule has 0 aliphatic carbocycles. The summed E-state index contributed by atoms with van der Waals surface area (Å²) in [6.45, 7) is 0.968. The molecule has 0 bridgehead atoms. The van der Waals surface area contributed by atoms with E-state index in [1.807, 2.05) is 0 Å². The molecule has 3 heterocycles. The summed E-state index contributed by atoms with van der Waals surface area (Å²) in [5.41, 5.74) is -0.954. The number of nitrogens with one attached hydrogen (secondary N) is 1. The van der Waals surface area contributed by atoms with Crippen molar-refractivity contribution >= 4 is 17.9 Å². The molecule has 30 heavy (non-hydrogen) atoms. The van der Waals surface area contributed by atoms with E-state index in [-0.39, 0.29) is 36.4 Å². The molecule has 10 nitrogen and oxygen atoms in total. The highest BCUT2D eigenvalue weighted by Crippen LogP contribution is 2.30. The fourth-order valence-electron chi connectivity index (χ4n) is 2.97. The molecule has 0 spiro atoms. The van der Waals surface area contributed by atoms with Gasteiger partial charge in [0.15, 0.2) is 11.5 Å².